The van der Waals surface area contributed by atoms with Gasteiger partial charge in [-0.1, -0.05) is 12.8 Å². The average molecular weight is 305 g/mol. The minimum Gasteiger partial charge on any atom is -0.395 e. The lowest BCUT2D eigenvalue weighted by molar-refractivity contribution is 0.297. The van der Waals surface area contributed by atoms with Gasteiger partial charge in [-0.2, -0.15) is 4.37 Å². The topological polar surface area (TPSA) is 96.5 Å². The summed E-state index contributed by atoms with van der Waals surface area (Å²) in [5.74, 6) is 0.0587. The lowest BCUT2D eigenvalue weighted by Gasteiger charge is -2.29. The van der Waals surface area contributed by atoms with E-state index < -0.39 is 9.84 Å². The molecule has 1 saturated carbocycles. The first-order chi connectivity index (χ1) is 8.95. The van der Waals surface area contributed by atoms with Crippen molar-refractivity contribution in [2.45, 2.75) is 36.6 Å². The summed E-state index contributed by atoms with van der Waals surface area (Å²) in [4.78, 5) is 2.06. The Balaban J connectivity index is 2.42. The Morgan fingerprint density at radius 3 is 2.63 bits per heavy atom. The molecule has 0 aliphatic heterocycles. The lowest BCUT2D eigenvalue weighted by Crippen LogP contribution is -2.35. The number of anilines is 2. The van der Waals surface area contributed by atoms with E-state index in [0.29, 0.717) is 11.5 Å². The van der Waals surface area contributed by atoms with E-state index in [1.807, 2.05) is 4.90 Å². The van der Waals surface area contributed by atoms with Crippen LogP contribution < -0.4 is 10.6 Å². The molecule has 1 aromatic heterocycles. The Hall–Kier alpha value is -0.860. The van der Waals surface area contributed by atoms with Crippen molar-refractivity contribution in [3.63, 3.8) is 0 Å². The summed E-state index contributed by atoms with van der Waals surface area (Å²) in [5, 5.41) is 9.79. The number of aliphatic hydroxyl groups excluding tert-OH is 1. The first-order valence-electron chi connectivity index (χ1n) is 6.28. The highest BCUT2D eigenvalue weighted by Crippen LogP contribution is 2.38. The second-order valence-corrected chi connectivity index (χ2v) is 7.53. The Morgan fingerprint density at radius 1 is 1.47 bits per heavy atom. The molecule has 1 aliphatic rings. The molecular weight excluding hydrogens is 286 g/mol. The van der Waals surface area contributed by atoms with Gasteiger partial charge in [-0.15, -0.1) is 0 Å². The summed E-state index contributed by atoms with van der Waals surface area (Å²) in [7, 11) is -3.41. The summed E-state index contributed by atoms with van der Waals surface area (Å²) >= 11 is 1.10. The molecular formula is C11H19N3O3S2. The van der Waals surface area contributed by atoms with Gasteiger partial charge < -0.3 is 15.7 Å². The number of hydrogen-bond donors (Lipinski definition) is 2. The molecule has 19 heavy (non-hydrogen) atoms. The van der Waals surface area contributed by atoms with E-state index in [4.69, 9.17) is 5.73 Å². The predicted molar refractivity (Wildman–Crippen MR) is 76.3 cm³/mol. The van der Waals surface area contributed by atoms with Crippen LogP contribution in [-0.2, 0) is 9.84 Å². The van der Waals surface area contributed by atoms with Crippen LogP contribution in [0.4, 0.5) is 10.8 Å². The maximum absolute atomic E-state index is 11.9. The van der Waals surface area contributed by atoms with E-state index in [9.17, 15) is 13.5 Å². The molecule has 1 fully saturated rings. The minimum absolute atomic E-state index is 0.0164. The molecule has 0 unspecified atom stereocenters. The summed E-state index contributed by atoms with van der Waals surface area (Å²) < 4.78 is 27.7. The number of aliphatic hydroxyl groups is 1. The van der Waals surface area contributed by atoms with Crippen molar-refractivity contribution in [3.8, 4) is 0 Å². The van der Waals surface area contributed by atoms with Crippen molar-refractivity contribution in [1.82, 2.24) is 4.37 Å². The van der Waals surface area contributed by atoms with Gasteiger partial charge >= 0.3 is 0 Å². The maximum atomic E-state index is 11.9. The largest absolute Gasteiger partial charge is 0.395 e. The Labute approximate surface area is 117 Å². The summed E-state index contributed by atoms with van der Waals surface area (Å²) in [5.41, 5.74) is 5.69. The third kappa shape index (κ3) is 3.01. The number of hydrogen-bond acceptors (Lipinski definition) is 7. The number of aromatic nitrogens is 1. The number of sulfone groups is 1. The van der Waals surface area contributed by atoms with E-state index in [-0.39, 0.29) is 23.4 Å². The van der Waals surface area contributed by atoms with Crippen LogP contribution >= 0.6 is 11.5 Å². The van der Waals surface area contributed by atoms with Crippen LogP contribution in [0, 0.1) is 0 Å². The zero-order valence-corrected chi connectivity index (χ0v) is 12.5. The van der Waals surface area contributed by atoms with Gasteiger partial charge in [0.05, 0.1) is 6.61 Å². The smallest absolute Gasteiger partial charge is 0.182 e. The van der Waals surface area contributed by atoms with Gasteiger partial charge in [-0.25, -0.2) is 8.42 Å². The van der Waals surface area contributed by atoms with Crippen molar-refractivity contribution < 1.29 is 13.5 Å². The van der Waals surface area contributed by atoms with Crippen LogP contribution in [0.3, 0.4) is 0 Å². The van der Waals surface area contributed by atoms with Crippen LogP contribution in [-0.4, -0.2) is 43.3 Å². The molecule has 0 atom stereocenters. The highest BCUT2D eigenvalue weighted by molar-refractivity contribution is 7.91. The van der Waals surface area contributed by atoms with E-state index in [2.05, 4.69) is 4.37 Å². The van der Waals surface area contributed by atoms with E-state index >= 15 is 0 Å². The minimum atomic E-state index is -3.41. The third-order valence-electron chi connectivity index (χ3n) is 3.40. The second kappa shape index (κ2) is 5.64. The van der Waals surface area contributed by atoms with Gasteiger partial charge in [0, 0.05) is 18.8 Å². The van der Waals surface area contributed by atoms with Crippen LogP contribution in [0.1, 0.15) is 25.7 Å². The van der Waals surface area contributed by atoms with Gasteiger partial charge in [0.25, 0.3) is 0 Å². The summed E-state index contributed by atoms with van der Waals surface area (Å²) in [6, 6.07) is 0.271. The number of nitrogens with two attached hydrogens (primary N) is 1. The lowest BCUT2D eigenvalue weighted by atomic mass is 10.2. The van der Waals surface area contributed by atoms with E-state index in [0.717, 1.165) is 43.5 Å². The molecule has 0 aromatic carbocycles. The Morgan fingerprint density at radius 2 is 2.11 bits per heavy atom. The van der Waals surface area contributed by atoms with Gasteiger partial charge in [-0.3, -0.25) is 0 Å². The fraction of sp³-hybridized carbons (Fsp3) is 0.727. The molecule has 0 bridgehead atoms. The second-order valence-electron chi connectivity index (χ2n) is 4.83. The summed E-state index contributed by atoms with van der Waals surface area (Å²) in [6.45, 7) is 0.395. The van der Waals surface area contributed by atoms with Crippen molar-refractivity contribution in [3.05, 3.63) is 0 Å². The quantitative estimate of drug-likeness (QED) is 0.838. The highest BCUT2D eigenvalue weighted by atomic mass is 32.2. The standard InChI is InChI=1S/C11H19N3O3S2/c1-19(16,17)9-10(12)13-18-11(9)14(6-7-15)8-4-2-3-5-8/h8,15H,2-7H2,1H3,(H2,12,13). The first-order valence-corrected chi connectivity index (χ1v) is 8.94. The van der Waals surface area contributed by atoms with Crippen LogP contribution in [0.25, 0.3) is 0 Å². The van der Waals surface area contributed by atoms with Gasteiger partial charge in [0.1, 0.15) is 9.90 Å². The molecule has 2 rings (SSSR count). The molecule has 0 amide bonds. The molecule has 108 valence electrons. The van der Waals surface area contributed by atoms with E-state index in [1.165, 1.54) is 0 Å². The molecule has 0 spiro atoms. The van der Waals surface area contributed by atoms with Crippen LogP contribution in [0.15, 0.2) is 4.90 Å². The van der Waals surface area contributed by atoms with Crippen LogP contribution in [0.5, 0.6) is 0 Å². The highest BCUT2D eigenvalue weighted by Gasteiger charge is 2.30. The summed E-state index contributed by atoms with van der Waals surface area (Å²) in [6.07, 6.45) is 5.44. The average Bonchev–Trinajstić information content (AvgIpc) is 2.93. The van der Waals surface area contributed by atoms with Crippen molar-refractivity contribution >= 4 is 32.2 Å². The van der Waals surface area contributed by atoms with Crippen molar-refractivity contribution in [2.75, 3.05) is 30.0 Å². The molecule has 1 aromatic rings. The Kier molecular flexibility index (Phi) is 4.32. The molecule has 1 aliphatic carbocycles. The zero-order valence-electron chi connectivity index (χ0n) is 10.9. The molecule has 0 saturated heterocycles. The third-order valence-corrected chi connectivity index (χ3v) is 5.57. The SMILES string of the molecule is CS(=O)(=O)c1c(N)nsc1N(CCO)C1CCCC1. The van der Waals surface area contributed by atoms with Gasteiger partial charge in [-0.05, 0) is 24.4 Å². The number of rotatable bonds is 5. The fourth-order valence-electron chi connectivity index (χ4n) is 2.59. The monoisotopic (exact) mass is 305 g/mol. The van der Waals surface area contributed by atoms with E-state index in [1.54, 1.807) is 0 Å². The molecule has 8 heteroatoms. The van der Waals surface area contributed by atoms with Gasteiger partial charge in [0.2, 0.25) is 0 Å². The van der Waals surface area contributed by atoms with Gasteiger partial charge in [0.15, 0.2) is 15.7 Å². The first kappa shape index (κ1) is 14.5. The molecule has 1 heterocycles. The predicted octanol–water partition coefficient (Wildman–Crippen LogP) is 0.870. The Bertz CT molecular complexity index is 535. The van der Waals surface area contributed by atoms with Crippen LogP contribution in [0.2, 0.25) is 0 Å². The van der Waals surface area contributed by atoms with Crippen molar-refractivity contribution in [2.24, 2.45) is 0 Å². The molecule has 0 radical (unpaired) electrons. The normalized spacial score (nSPS) is 16.9. The number of nitrogen functional groups attached to an aromatic ring is 1. The molecule has 3 N–H and O–H groups in total. The molecule has 6 nitrogen and oxygen atoms in total. The number of nitrogens with zero attached hydrogens (tertiary/aromatic N) is 2. The maximum Gasteiger partial charge on any atom is 0.182 e. The fourth-order valence-corrected chi connectivity index (χ4v) is 4.88. The zero-order chi connectivity index (χ0) is 14.0. The van der Waals surface area contributed by atoms with Crippen molar-refractivity contribution in [1.29, 1.82) is 0 Å².